The number of rotatable bonds is 2. The van der Waals surface area contributed by atoms with E-state index in [-0.39, 0.29) is 0 Å². The molecule has 2 saturated carbocycles. The van der Waals surface area contributed by atoms with Crippen LogP contribution in [0.2, 0.25) is 0 Å². The van der Waals surface area contributed by atoms with Crippen molar-refractivity contribution in [2.45, 2.75) is 76.3 Å². The van der Waals surface area contributed by atoms with Gasteiger partial charge in [0.1, 0.15) is 0 Å². The Balaban J connectivity index is 1.82. The Morgan fingerprint density at radius 2 is 1.53 bits per heavy atom. The first-order valence-corrected chi connectivity index (χ1v) is 6.80. The predicted octanol–water partition coefficient (Wildman–Crippen LogP) is 3.80. The summed E-state index contributed by atoms with van der Waals surface area (Å²) in [6.45, 7) is 4.26. The molecule has 0 aromatic carbocycles. The maximum Gasteiger partial charge on any atom is 0.0279 e. The van der Waals surface area contributed by atoms with E-state index in [4.69, 9.17) is 0 Å². The maximum atomic E-state index is 4.26. The fraction of sp³-hybridized carbons (Fsp3) is 0.857. The van der Waals surface area contributed by atoms with Gasteiger partial charge in [-0.1, -0.05) is 44.3 Å². The molecule has 0 amide bonds. The van der Waals surface area contributed by atoms with Crippen LogP contribution in [0.25, 0.3) is 0 Å². The molecule has 0 saturated heterocycles. The molecule has 0 bridgehead atoms. The van der Waals surface area contributed by atoms with Crippen molar-refractivity contribution in [1.82, 2.24) is 5.32 Å². The van der Waals surface area contributed by atoms with Crippen LogP contribution in [0.4, 0.5) is 0 Å². The average Bonchev–Trinajstić information content (AvgIpc) is 2.46. The van der Waals surface area contributed by atoms with Gasteiger partial charge in [0.15, 0.2) is 0 Å². The van der Waals surface area contributed by atoms with Gasteiger partial charge < -0.3 is 5.32 Å². The van der Waals surface area contributed by atoms with Crippen LogP contribution in [-0.2, 0) is 0 Å². The lowest BCUT2D eigenvalue weighted by Crippen LogP contribution is -2.40. The van der Waals surface area contributed by atoms with E-state index in [9.17, 15) is 0 Å². The minimum atomic E-state index is 0.635. The highest BCUT2D eigenvalue weighted by Gasteiger charge is 2.20. The van der Waals surface area contributed by atoms with E-state index < -0.39 is 0 Å². The third-order valence-electron chi connectivity index (χ3n) is 4.03. The minimum Gasteiger partial charge on any atom is -0.308 e. The Bertz CT molecular complexity index is 203. The zero-order chi connectivity index (χ0) is 10.5. The fourth-order valence-electron chi connectivity index (χ4n) is 3.01. The molecule has 0 spiro atoms. The zero-order valence-corrected chi connectivity index (χ0v) is 9.93. The molecule has 15 heavy (non-hydrogen) atoms. The zero-order valence-electron chi connectivity index (χ0n) is 9.93. The molecule has 1 heteroatoms. The number of nitrogens with one attached hydrogen (secondary N) is 1. The normalized spacial score (nSPS) is 30.1. The second-order valence-electron chi connectivity index (χ2n) is 5.31. The summed E-state index contributed by atoms with van der Waals surface area (Å²) < 4.78 is 0. The van der Waals surface area contributed by atoms with Crippen LogP contribution in [0.1, 0.15) is 64.2 Å². The second-order valence-corrected chi connectivity index (χ2v) is 5.31. The highest BCUT2D eigenvalue weighted by Crippen LogP contribution is 2.24. The SMILES string of the molecule is C=C1CCCCCC1NC1CCCCC1. The Labute approximate surface area is 94.3 Å². The molecule has 0 radical (unpaired) electrons. The van der Waals surface area contributed by atoms with Crippen molar-refractivity contribution in [2.75, 3.05) is 0 Å². The summed E-state index contributed by atoms with van der Waals surface area (Å²) in [7, 11) is 0. The van der Waals surface area contributed by atoms with Gasteiger partial charge in [-0.3, -0.25) is 0 Å². The Hall–Kier alpha value is -0.300. The van der Waals surface area contributed by atoms with Gasteiger partial charge in [-0.2, -0.15) is 0 Å². The van der Waals surface area contributed by atoms with Crippen LogP contribution < -0.4 is 5.32 Å². The first-order chi connectivity index (χ1) is 7.36. The molecule has 0 aromatic rings. The van der Waals surface area contributed by atoms with Crippen LogP contribution in [0.5, 0.6) is 0 Å². The average molecular weight is 207 g/mol. The molecule has 1 N–H and O–H groups in total. The highest BCUT2D eigenvalue weighted by molar-refractivity contribution is 5.07. The van der Waals surface area contributed by atoms with E-state index in [1.54, 1.807) is 0 Å². The predicted molar refractivity (Wildman–Crippen MR) is 66.0 cm³/mol. The third-order valence-corrected chi connectivity index (χ3v) is 4.03. The summed E-state index contributed by atoms with van der Waals surface area (Å²) in [5, 5.41) is 3.85. The molecule has 1 atom stereocenters. The van der Waals surface area contributed by atoms with E-state index in [2.05, 4.69) is 11.9 Å². The molecule has 86 valence electrons. The van der Waals surface area contributed by atoms with Crippen LogP contribution in [-0.4, -0.2) is 12.1 Å². The summed E-state index contributed by atoms with van der Waals surface area (Å²) in [5.41, 5.74) is 1.47. The summed E-state index contributed by atoms with van der Waals surface area (Å²) in [4.78, 5) is 0. The van der Waals surface area contributed by atoms with Crippen molar-refractivity contribution in [3.63, 3.8) is 0 Å². The lowest BCUT2D eigenvalue weighted by atomic mass is 9.93. The first-order valence-electron chi connectivity index (χ1n) is 6.80. The van der Waals surface area contributed by atoms with Gasteiger partial charge in [-0.25, -0.2) is 0 Å². The highest BCUT2D eigenvalue weighted by atomic mass is 15.0. The van der Waals surface area contributed by atoms with Crippen molar-refractivity contribution in [2.24, 2.45) is 0 Å². The van der Waals surface area contributed by atoms with Gasteiger partial charge in [-0.15, -0.1) is 0 Å². The Kier molecular flexibility index (Phi) is 4.25. The molecule has 0 heterocycles. The van der Waals surface area contributed by atoms with Crippen LogP contribution >= 0.6 is 0 Å². The number of hydrogen-bond donors (Lipinski definition) is 1. The fourth-order valence-corrected chi connectivity index (χ4v) is 3.01. The standard InChI is InChI=1S/C14H25N/c1-12-8-4-2-7-11-14(12)15-13-9-5-3-6-10-13/h13-15H,1-11H2. The smallest absolute Gasteiger partial charge is 0.0279 e. The Morgan fingerprint density at radius 1 is 0.867 bits per heavy atom. The quantitative estimate of drug-likeness (QED) is 0.536. The lowest BCUT2D eigenvalue weighted by molar-refractivity contribution is 0.343. The van der Waals surface area contributed by atoms with Crippen LogP contribution in [0.3, 0.4) is 0 Å². The topological polar surface area (TPSA) is 12.0 Å². The second kappa shape index (κ2) is 5.69. The van der Waals surface area contributed by atoms with Crippen molar-refractivity contribution in [3.8, 4) is 0 Å². The molecular weight excluding hydrogens is 182 g/mol. The van der Waals surface area contributed by atoms with E-state index >= 15 is 0 Å². The molecule has 0 aliphatic heterocycles. The van der Waals surface area contributed by atoms with Crippen molar-refractivity contribution in [1.29, 1.82) is 0 Å². The lowest BCUT2D eigenvalue weighted by Gasteiger charge is -2.29. The Morgan fingerprint density at radius 3 is 2.33 bits per heavy atom. The monoisotopic (exact) mass is 207 g/mol. The number of hydrogen-bond acceptors (Lipinski definition) is 1. The van der Waals surface area contributed by atoms with Gasteiger partial charge in [0.05, 0.1) is 0 Å². The summed E-state index contributed by atoms with van der Waals surface area (Å²) >= 11 is 0. The molecule has 2 aliphatic rings. The van der Waals surface area contributed by atoms with E-state index in [0.717, 1.165) is 6.04 Å². The summed E-state index contributed by atoms with van der Waals surface area (Å²) in [6.07, 6.45) is 13.8. The first kappa shape index (κ1) is 11.2. The van der Waals surface area contributed by atoms with E-state index in [0.29, 0.717) is 6.04 Å². The van der Waals surface area contributed by atoms with Crippen molar-refractivity contribution in [3.05, 3.63) is 12.2 Å². The van der Waals surface area contributed by atoms with Gasteiger partial charge in [0, 0.05) is 12.1 Å². The maximum absolute atomic E-state index is 4.26. The van der Waals surface area contributed by atoms with Gasteiger partial charge in [-0.05, 0) is 32.1 Å². The largest absolute Gasteiger partial charge is 0.308 e. The minimum absolute atomic E-state index is 0.635. The van der Waals surface area contributed by atoms with Crippen molar-refractivity contribution >= 4 is 0 Å². The van der Waals surface area contributed by atoms with Crippen molar-refractivity contribution < 1.29 is 0 Å². The van der Waals surface area contributed by atoms with Gasteiger partial charge >= 0.3 is 0 Å². The summed E-state index contributed by atoms with van der Waals surface area (Å²) in [6, 6.07) is 1.43. The third kappa shape index (κ3) is 3.34. The van der Waals surface area contributed by atoms with Crippen LogP contribution in [0.15, 0.2) is 12.2 Å². The molecule has 1 nitrogen and oxygen atoms in total. The molecule has 2 rings (SSSR count). The molecule has 0 aromatic heterocycles. The van der Waals surface area contributed by atoms with Gasteiger partial charge in [0.25, 0.3) is 0 Å². The molecular formula is C14H25N. The van der Waals surface area contributed by atoms with Gasteiger partial charge in [0.2, 0.25) is 0 Å². The van der Waals surface area contributed by atoms with Crippen LogP contribution in [0, 0.1) is 0 Å². The molecule has 2 fully saturated rings. The summed E-state index contributed by atoms with van der Waals surface area (Å²) in [5.74, 6) is 0. The molecule has 2 aliphatic carbocycles. The van der Waals surface area contributed by atoms with E-state index in [1.165, 1.54) is 69.8 Å². The van der Waals surface area contributed by atoms with E-state index in [1.807, 2.05) is 0 Å². The molecule has 1 unspecified atom stereocenters.